The first-order valence-corrected chi connectivity index (χ1v) is 6.42. The van der Waals surface area contributed by atoms with Crippen molar-refractivity contribution < 1.29 is 17.9 Å². The maximum atomic E-state index is 12.1. The normalized spacial score (nSPS) is 16.9. The number of nitrogens with zero attached hydrogens (tertiary/aromatic N) is 1. The van der Waals surface area contributed by atoms with Gasteiger partial charge in [0.2, 0.25) is 0 Å². The molecule has 0 aromatic heterocycles. The molecule has 1 N–H and O–H groups in total. The Balaban J connectivity index is 0.00000220. The highest BCUT2D eigenvalue weighted by molar-refractivity contribution is 5.85. The van der Waals surface area contributed by atoms with E-state index in [1.807, 2.05) is 6.08 Å². The lowest BCUT2D eigenvalue weighted by Crippen LogP contribution is -2.44. The fourth-order valence-corrected chi connectivity index (χ4v) is 2.32. The molecule has 1 atom stereocenters. The number of nitrogens with one attached hydrogen (secondary N) is 1. The van der Waals surface area contributed by atoms with Crippen molar-refractivity contribution in [2.45, 2.75) is 12.4 Å². The predicted molar refractivity (Wildman–Crippen MR) is 85.0 cm³/mol. The van der Waals surface area contributed by atoms with Crippen LogP contribution < -0.4 is 10.1 Å². The number of piperazine rings is 1. The van der Waals surface area contributed by atoms with E-state index in [1.165, 1.54) is 12.1 Å². The summed E-state index contributed by atoms with van der Waals surface area (Å²) in [6.07, 6.45) is -2.84. The van der Waals surface area contributed by atoms with E-state index in [1.54, 1.807) is 12.1 Å². The van der Waals surface area contributed by atoms with Gasteiger partial charge in [-0.1, -0.05) is 18.2 Å². The van der Waals surface area contributed by atoms with Crippen LogP contribution in [-0.4, -0.2) is 37.4 Å². The SMILES string of the molecule is C=C[C@H](c1ccc(OC(F)(F)F)cc1)N1CCNCC1.Cl.Cl. The number of rotatable bonds is 4. The summed E-state index contributed by atoms with van der Waals surface area (Å²) >= 11 is 0. The van der Waals surface area contributed by atoms with Crippen LogP contribution in [-0.2, 0) is 0 Å². The minimum atomic E-state index is -4.65. The molecule has 0 unspecified atom stereocenters. The van der Waals surface area contributed by atoms with Crippen LogP contribution in [0, 0.1) is 0 Å². The summed E-state index contributed by atoms with van der Waals surface area (Å²) < 4.78 is 40.2. The molecule has 8 heteroatoms. The quantitative estimate of drug-likeness (QED) is 0.832. The van der Waals surface area contributed by atoms with Gasteiger partial charge in [-0.25, -0.2) is 0 Å². The second-order valence-corrected chi connectivity index (χ2v) is 4.58. The molecule has 1 aliphatic heterocycles. The van der Waals surface area contributed by atoms with E-state index in [9.17, 15) is 13.2 Å². The molecule has 126 valence electrons. The number of ether oxygens (including phenoxy) is 1. The third-order valence-electron chi connectivity index (χ3n) is 3.22. The monoisotopic (exact) mass is 358 g/mol. The topological polar surface area (TPSA) is 24.5 Å². The van der Waals surface area contributed by atoms with Crippen molar-refractivity contribution in [1.82, 2.24) is 10.2 Å². The van der Waals surface area contributed by atoms with Crippen LogP contribution in [0.4, 0.5) is 13.2 Å². The van der Waals surface area contributed by atoms with Crippen LogP contribution in [0.2, 0.25) is 0 Å². The van der Waals surface area contributed by atoms with Gasteiger partial charge in [0.15, 0.2) is 0 Å². The first-order valence-electron chi connectivity index (χ1n) is 6.42. The van der Waals surface area contributed by atoms with E-state index in [2.05, 4.69) is 21.5 Å². The highest BCUT2D eigenvalue weighted by atomic mass is 35.5. The van der Waals surface area contributed by atoms with Gasteiger partial charge >= 0.3 is 6.36 Å². The molecule has 0 radical (unpaired) electrons. The van der Waals surface area contributed by atoms with Gasteiger partial charge in [0, 0.05) is 26.2 Å². The molecule has 0 bridgehead atoms. The molecule has 0 spiro atoms. The van der Waals surface area contributed by atoms with Crippen LogP contribution in [0.1, 0.15) is 11.6 Å². The van der Waals surface area contributed by atoms with E-state index >= 15 is 0 Å². The molecule has 0 saturated carbocycles. The van der Waals surface area contributed by atoms with Crippen molar-refractivity contribution in [3.8, 4) is 5.75 Å². The highest BCUT2D eigenvalue weighted by Gasteiger charge is 2.31. The van der Waals surface area contributed by atoms with Crippen LogP contribution in [0.3, 0.4) is 0 Å². The van der Waals surface area contributed by atoms with Gasteiger partial charge in [-0.15, -0.1) is 44.6 Å². The van der Waals surface area contributed by atoms with Crippen molar-refractivity contribution >= 4 is 24.8 Å². The first-order chi connectivity index (χ1) is 9.49. The second kappa shape index (κ2) is 9.25. The minimum absolute atomic E-state index is 0. The fraction of sp³-hybridized carbons (Fsp3) is 0.429. The summed E-state index contributed by atoms with van der Waals surface area (Å²) in [6.45, 7) is 7.40. The van der Waals surface area contributed by atoms with Crippen LogP contribution >= 0.6 is 24.8 Å². The first kappa shape index (κ1) is 21.0. The average Bonchev–Trinajstić information content (AvgIpc) is 2.41. The predicted octanol–water partition coefficient (Wildman–Crippen LogP) is 3.56. The van der Waals surface area contributed by atoms with Crippen LogP contribution in [0.5, 0.6) is 5.75 Å². The van der Waals surface area contributed by atoms with Gasteiger partial charge < -0.3 is 10.1 Å². The van der Waals surface area contributed by atoms with Crippen molar-refractivity contribution in [2.24, 2.45) is 0 Å². The van der Waals surface area contributed by atoms with Gasteiger partial charge in [-0.2, -0.15) is 0 Å². The zero-order chi connectivity index (χ0) is 14.6. The zero-order valence-electron chi connectivity index (χ0n) is 11.8. The molecule has 0 amide bonds. The number of hydrogen-bond donors (Lipinski definition) is 1. The summed E-state index contributed by atoms with van der Waals surface area (Å²) in [5.41, 5.74) is 0.913. The average molecular weight is 359 g/mol. The molecule has 0 aliphatic carbocycles. The Kier molecular flexibility index (Phi) is 8.85. The number of benzene rings is 1. The Hall–Kier alpha value is -0.950. The molecule has 1 saturated heterocycles. The molecule has 22 heavy (non-hydrogen) atoms. The lowest BCUT2D eigenvalue weighted by atomic mass is 10.0. The lowest BCUT2D eigenvalue weighted by Gasteiger charge is -2.33. The minimum Gasteiger partial charge on any atom is -0.406 e. The Morgan fingerprint density at radius 2 is 1.68 bits per heavy atom. The highest BCUT2D eigenvalue weighted by Crippen LogP contribution is 2.27. The Morgan fingerprint density at radius 3 is 2.14 bits per heavy atom. The Bertz CT molecular complexity index is 448. The van der Waals surface area contributed by atoms with Crippen LogP contribution in [0.25, 0.3) is 0 Å². The van der Waals surface area contributed by atoms with Gasteiger partial charge in [0.05, 0.1) is 6.04 Å². The van der Waals surface area contributed by atoms with Crippen molar-refractivity contribution in [1.29, 1.82) is 0 Å². The lowest BCUT2D eigenvalue weighted by molar-refractivity contribution is -0.274. The molecular weight excluding hydrogens is 340 g/mol. The molecule has 1 aromatic carbocycles. The third kappa shape index (κ3) is 6.04. The smallest absolute Gasteiger partial charge is 0.406 e. The van der Waals surface area contributed by atoms with Gasteiger partial charge in [0.1, 0.15) is 5.75 Å². The fourth-order valence-electron chi connectivity index (χ4n) is 2.32. The Morgan fingerprint density at radius 1 is 1.14 bits per heavy atom. The summed E-state index contributed by atoms with van der Waals surface area (Å²) in [7, 11) is 0. The van der Waals surface area contributed by atoms with E-state index in [0.717, 1.165) is 31.7 Å². The standard InChI is InChI=1S/C14H17F3N2O.2ClH/c1-2-13(19-9-7-18-8-10-19)11-3-5-12(6-4-11)20-14(15,16)17;;/h2-6,13,18H,1,7-10H2;2*1H/t13-;;/m1../s1. The summed E-state index contributed by atoms with van der Waals surface area (Å²) in [5, 5.41) is 3.26. The zero-order valence-corrected chi connectivity index (χ0v) is 13.4. The molecule has 1 aromatic rings. The maximum absolute atomic E-state index is 12.1. The van der Waals surface area contributed by atoms with Crippen molar-refractivity contribution in [3.63, 3.8) is 0 Å². The van der Waals surface area contributed by atoms with E-state index < -0.39 is 6.36 Å². The second-order valence-electron chi connectivity index (χ2n) is 4.58. The Labute approximate surface area is 140 Å². The van der Waals surface area contributed by atoms with E-state index in [-0.39, 0.29) is 36.6 Å². The van der Waals surface area contributed by atoms with E-state index in [4.69, 9.17) is 0 Å². The molecule has 1 heterocycles. The van der Waals surface area contributed by atoms with Gasteiger partial charge in [0.25, 0.3) is 0 Å². The molecule has 2 rings (SSSR count). The summed E-state index contributed by atoms with van der Waals surface area (Å²) in [4.78, 5) is 2.24. The summed E-state index contributed by atoms with van der Waals surface area (Å²) in [5.74, 6) is -0.204. The number of hydrogen-bond acceptors (Lipinski definition) is 3. The van der Waals surface area contributed by atoms with Gasteiger partial charge in [-0.05, 0) is 17.7 Å². The van der Waals surface area contributed by atoms with Gasteiger partial charge in [-0.3, -0.25) is 4.90 Å². The number of alkyl halides is 3. The number of halogens is 5. The summed E-state index contributed by atoms with van der Waals surface area (Å²) in [6, 6.07) is 5.98. The van der Waals surface area contributed by atoms with Crippen molar-refractivity contribution in [2.75, 3.05) is 26.2 Å². The maximum Gasteiger partial charge on any atom is 0.573 e. The van der Waals surface area contributed by atoms with Crippen LogP contribution in [0.15, 0.2) is 36.9 Å². The molecule has 1 aliphatic rings. The molecular formula is C14H19Cl2F3N2O. The molecule has 1 fully saturated rings. The van der Waals surface area contributed by atoms with Crippen molar-refractivity contribution in [3.05, 3.63) is 42.5 Å². The molecule has 3 nitrogen and oxygen atoms in total. The largest absolute Gasteiger partial charge is 0.573 e. The van der Waals surface area contributed by atoms with E-state index in [0.29, 0.717) is 0 Å². The third-order valence-corrected chi connectivity index (χ3v) is 3.22.